The maximum absolute atomic E-state index is 13.1. The van der Waals surface area contributed by atoms with E-state index in [0.29, 0.717) is 39.3 Å². The normalized spacial score (nSPS) is 11.3. The van der Waals surface area contributed by atoms with Crippen LogP contribution in [0.5, 0.6) is 5.75 Å². The van der Waals surface area contributed by atoms with Crippen LogP contribution in [0.25, 0.3) is 11.0 Å². The Balaban J connectivity index is 1.61. The van der Waals surface area contributed by atoms with Gasteiger partial charge in [-0.1, -0.05) is 18.2 Å². The van der Waals surface area contributed by atoms with Gasteiger partial charge in [-0.25, -0.2) is 18.4 Å². The number of para-hydroxylation sites is 2. The molecule has 1 aromatic heterocycles. The molecule has 1 amide bonds. The van der Waals surface area contributed by atoms with E-state index in [9.17, 15) is 13.2 Å². The zero-order chi connectivity index (χ0) is 24.5. The Morgan fingerprint density at radius 3 is 2.32 bits per heavy atom. The Hall–Kier alpha value is -3.98. The number of carbonyl (C=O) groups is 1. The Bertz CT molecular complexity index is 1520. The van der Waals surface area contributed by atoms with Gasteiger partial charge in [0.1, 0.15) is 5.75 Å². The summed E-state index contributed by atoms with van der Waals surface area (Å²) in [7, 11) is -2.47. The summed E-state index contributed by atoms with van der Waals surface area (Å²) >= 11 is 0. The van der Waals surface area contributed by atoms with E-state index in [1.165, 1.54) is 13.2 Å². The number of carbonyl (C=O) groups excluding carboxylic acids is 1. The monoisotopic (exact) mass is 476 g/mol. The summed E-state index contributed by atoms with van der Waals surface area (Å²) in [6, 6.07) is 16.5. The van der Waals surface area contributed by atoms with E-state index in [1.54, 1.807) is 61.5 Å². The number of hydrogen-bond acceptors (Lipinski definition) is 6. The number of methoxy groups -OCH3 is 1. The molecule has 0 saturated heterocycles. The largest absolute Gasteiger partial charge is 0.495 e. The molecular weight excluding hydrogens is 452 g/mol. The van der Waals surface area contributed by atoms with Crippen LogP contribution in [0, 0.1) is 20.8 Å². The number of fused-ring (bicyclic) bond motifs is 1. The number of nitrogens with zero attached hydrogens (tertiary/aromatic N) is 2. The molecular formula is C25H24N4O4S. The van der Waals surface area contributed by atoms with Crippen molar-refractivity contribution in [3.63, 3.8) is 0 Å². The number of ether oxygens (including phenoxy) is 1. The molecule has 3 aromatic carbocycles. The molecule has 174 valence electrons. The second-order valence-electron chi connectivity index (χ2n) is 7.84. The molecule has 0 unspecified atom stereocenters. The lowest BCUT2D eigenvalue weighted by Crippen LogP contribution is -2.16. The van der Waals surface area contributed by atoms with Gasteiger partial charge in [-0.15, -0.1) is 0 Å². The van der Waals surface area contributed by atoms with Crippen LogP contribution in [0.2, 0.25) is 0 Å². The van der Waals surface area contributed by atoms with Gasteiger partial charge in [0.05, 0.1) is 40.1 Å². The van der Waals surface area contributed by atoms with Gasteiger partial charge in [0.2, 0.25) is 0 Å². The molecule has 0 radical (unpaired) electrons. The van der Waals surface area contributed by atoms with Crippen LogP contribution in [0.1, 0.15) is 27.3 Å². The minimum absolute atomic E-state index is 0.0479. The number of aromatic nitrogens is 2. The Morgan fingerprint density at radius 2 is 1.59 bits per heavy atom. The van der Waals surface area contributed by atoms with Crippen molar-refractivity contribution >= 4 is 38.3 Å². The van der Waals surface area contributed by atoms with Crippen molar-refractivity contribution in [3.8, 4) is 5.75 Å². The van der Waals surface area contributed by atoms with Crippen molar-refractivity contribution in [2.75, 3.05) is 17.1 Å². The third kappa shape index (κ3) is 4.69. The average molecular weight is 477 g/mol. The summed E-state index contributed by atoms with van der Waals surface area (Å²) in [5.41, 5.74) is 4.54. The van der Waals surface area contributed by atoms with Crippen molar-refractivity contribution in [1.29, 1.82) is 0 Å². The highest BCUT2D eigenvalue weighted by Crippen LogP contribution is 2.28. The second kappa shape index (κ2) is 9.11. The summed E-state index contributed by atoms with van der Waals surface area (Å²) in [6.07, 6.45) is 0. The number of benzene rings is 3. The molecule has 1 heterocycles. The second-order valence-corrected chi connectivity index (χ2v) is 9.49. The number of aryl methyl sites for hydroxylation is 3. The van der Waals surface area contributed by atoms with Crippen molar-refractivity contribution in [3.05, 3.63) is 83.2 Å². The molecule has 0 saturated carbocycles. The Morgan fingerprint density at radius 1 is 0.882 bits per heavy atom. The number of nitrogens with one attached hydrogen (secondary N) is 2. The van der Waals surface area contributed by atoms with E-state index >= 15 is 0 Å². The zero-order valence-corrected chi connectivity index (χ0v) is 20.0. The first-order chi connectivity index (χ1) is 16.2. The van der Waals surface area contributed by atoms with Crippen molar-refractivity contribution in [2.45, 2.75) is 25.7 Å². The maximum Gasteiger partial charge on any atom is 0.262 e. The Kier molecular flexibility index (Phi) is 6.21. The molecule has 0 aliphatic heterocycles. The van der Waals surface area contributed by atoms with Crippen LogP contribution in [0.3, 0.4) is 0 Å². The molecule has 4 aromatic rings. The van der Waals surface area contributed by atoms with E-state index in [2.05, 4.69) is 20.0 Å². The third-order valence-corrected chi connectivity index (χ3v) is 6.93. The first-order valence-electron chi connectivity index (χ1n) is 10.5. The van der Waals surface area contributed by atoms with E-state index in [-0.39, 0.29) is 10.8 Å². The summed E-state index contributed by atoms with van der Waals surface area (Å²) < 4.78 is 34.0. The van der Waals surface area contributed by atoms with Crippen molar-refractivity contribution in [1.82, 2.24) is 9.97 Å². The number of amides is 1. The fourth-order valence-electron chi connectivity index (χ4n) is 3.47. The lowest BCUT2D eigenvalue weighted by atomic mass is 10.1. The SMILES string of the molecule is COc1ccccc1NS(=O)(=O)c1cc(NC(=O)c2ccc3nc(C)c(C)nc3c2)ccc1C. The number of hydrogen-bond donors (Lipinski definition) is 2. The Labute approximate surface area is 198 Å². The number of sulfonamides is 1. The minimum Gasteiger partial charge on any atom is -0.495 e. The van der Waals surface area contributed by atoms with Crippen LogP contribution in [-0.4, -0.2) is 31.4 Å². The fraction of sp³-hybridized carbons (Fsp3) is 0.160. The molecule has 0 aliphatic rings. The molecule has 0 atom stereocenters. The minimum atomic E-state index is -3.94. The summed E-state index contributed by atoms with van der Waals surface area (Å²) in [5, 5.41) is 2.77. The lowest BCUT2D eigenvalue weighted by molar-refractivity contribution is 0.102. The molecule has 0 spiro atoms. The van der Waals surface area contributed by atoms with Crippen molar-refractivity contribution < 1.29 is 17.9 Å². The predicted molar refractivity (Wildman–Crippen MR) is 132 cm³/mol. The average Bonchev–Trinajstić information content (AvgIpc) is 2.80. The van der Waals surface area contributed by atoms with E-state index < -0.39 is 10.0 Å². The predicted octanol–water partition coefficient (Wildman–Crippen LogP) is 4.62. The molecule has 8 nitrogen and oxygen atoms in total. The maximum atomic E-state index is 13.1. The molecule has 0 aliphatic carbocycles. The van der Waals surface area contributed by atoms with E-state index in [1.807, 2.05) is 13.8 Å². The van der Waals surface area contributed by atoms with Gasteiger partial charge in [-0.2, -0.15) is 0 Å². The van der Waals surface area contributed by atoms with E-state index in [4.69, 9.17) is 4.74 Å². The van der Waals surface area contributed by atoms with Gasteiger partial charge in [0, 0.05) is 11.3 Å². The summed E-state index contributed by atoms with van der Waals surface area (Å²) in [5.74, 6) is 0.0184. The highest BCUT2D eigenvalue weighted by Gasteiger charge is 2.20. The van der Waals surface area contributed by atoms with E-state index in [0.717, 1.165) is 11.4 Å². The van der Waals surface area contributed by atoms with Crippen LogP contribution >= 0.6 is 0 Å². The summed E-state index contributed by atoms with van der Waals surface area (Å²) in [4.78, 5) is 21.9. The molecule has 2 N–H and O–H groups in total. The summed E-state index contributed by atoms with van der Waals surface area (Å²) in [6.45, 7) is 5.44. The fourth-order valence-corrected chi connectivity index (χ4v) is 4.81. The smallest absolute Gasteiger partial charge is 0.262 e. The van der Waals surface area contributed by atoms with Crippen LogP contribution in [0.15, 0.2) is 65.6 Å². The third-order valence-electron chi connectivity index (χ3n) is 5.42. The first kappa shape index (κ1) is 23.2. The van der Waals surface area contributed by atoms with Crippen molar-refractivity contribution in [2.24, 2.45) is 0 Å². The van der Waals surface area contributed by atoms with Gasteiger partial charge in [-0.05, 0) is 68.8 Å². The van der Waals surface area contributed by atoms with Gasteiger partial charge in [-0.3, -0.25) is 9.52 Å². The van der Waals surface area contributed by atoms with Gasteiger partial charge >= 0.3 is 0 Å². The van der Waals surface area contributed by atoms with Gasteiger partial charge < -0.3 is 10.1 Å². The first-order valence-corrected chi connectivity index (χ1v) is 12.0. The molecule has 4 rings (SSSR count). The number of anilines is 2. The molecule has 0 bridgehead atoms. The topological polar surface area (TPSA) is 110 Å². The standard InChI is InChI=1S/C25H24N4O4S/c1-15-9-11-19(14-24(15)34(31,32)29-21-7-5-6-8-23(21)33-4)28-25(30)18-10-12-20-22(13-18)27-17(3)16(2)26-20/h5-14,29H,1-4H3,(H,28,30). The van der Waals surface area contributed by atoms with Crippen LogP contribution in [-0.2, 0) is 10.0 Å². The number of rotatable bonds is 6. The quantitative estimate of drug-likeness (QED) is 0.420. The lowest BCUT2D eigenvalue weighted by Gasteiger charge is -2.14. The molecule has 0 fully saturated rings. The van der Waals surface area contributed by atoms with Crippen LogP contribution < -0.4 is 14.8 Å². The zero-order valence-electron chi connectivity index (χ0n) is 19.2. The van der Waals surface area contributed by atoms with Gasteiger partial charge in [0.25, 0.3) is 15.9 Å². The van der Waals surface area contributed by atoms with Crippen LogP contribution in [0.4, 0.5) is 11.4 Å². The highest BCUT2D eigenvalue weighted by molar-refractivity contribution is 7.92. The molecule has 34 heavy (non-hydrogen) atoms. The van der Waals surface area contributed by atoms with Gasteiger partial charge in [0.15, 0.2) is 0 Å². The molecule has 9 heteroatoms. The highest BCUT2D eigenvalue weighted by atomic mass is 32.2.